The number of benzene rings is 2. The van der Waals surface area contributed by atoms with E-state index in [1.807, 2.05) is 18.2 Å². The lowest BCUT2D eigenvalue weighted by molar-refractivity contribution is 0.0950. The highest BCUT2D eigenvalue weighted by Gasteiger charge is 2.16. The first-order valence-electron chi connectivity index (χ1n) is 10.00. The third-order valence-electron chi connectivity index (χ3n) is 5.06. The van der Waals surface area contributed by atoms with Gasteiger partial charge in [-0.25, -0.2) is 0 Å². The second kappa shape index (κ2) is 9.32. The van der Waals surface area contributed by atoms with Gasteiger partial charge in [-0.3, -0.25) is 14.2 Å². The number of para-hydroxylation sites is 1. The molecule has 31 heavy (non-hydrogen) atoms. The van der Waals surface area contributed by atoms with Crippen molar-refractivity contribution in [2.75, 3.05) is 26.9 Å². The molecule has 162 valence electrons. The molecule has 9 heteroatoms. The maximum Gasteiger partial charge on any atom is 0.262 e. The lowest BCUT2D eigenvalue weighted by atomic mass is 10.1. The Balaban J connectivity index is 1.53. The zero-order valence-electron chi connectivity index (χ0n) is 17.1. The van der Waals surface area contributed by atoms with Gasteiger partial charge in [-0.15, -0.1) is 0 Å². The number of methoxy groups -OCH3 is 1. The molecule has 0 radical (unpaired) electrons. The number of nitrogens with one attached hydrogen (secondary N) is 2. The van der Waals surface area contributed by atoms with E-state index >= 15 is 0 Å². The van der Waals surface area contributed by atoms with Gasteiger partial charge in [0.15, 0.2) is 16.3 Å². The number of fused-ring (bicyclic) bond motifs is 2. The maximum atomic E-state index is 12.8. The van der Waals surface area contributed by atoms with E-state index in [9.17, 15) is 9.59 Å². The molecule has 1 aromatic heterocycles. The van der Waals surface area contributed by atoms with Gasteiger partial charge in [-0.1, -0.05) is 12.1 Å². The predicted molar refractivity (Wildman–Crippen MR) is 118 cm³/mol. The summed E-state index contributed by atoms with van der Waals surface area (Å²) in [5.41, 5.74) is 1.61. The van der Waals surface area contributed by atoms with Crippen molar-refractivity contribution in [1.29, 1.82) is 0 Å². The van der Waals surface area contributed by atoms with Crippen molar-refractivity contribution in [3.63, 3.8) is 0 Å². The van der Waals surface area contributed by atoms with E-state index in [0.29, 0.717) is 72.1 Å². The van der Waals surface area contributed by atoms with Crippen LogP contribution in [0.3, 0.4) is 0 Å². The molecule has 0 spiro atoms. The summed E-state index contributed by atoms with van der Waals surface area (Å²) in [6.07, 6.45) is 0.678. The molecule has 3 aromatic rings. The molecule has 2 heterocycles. The van der Waals surface area contributed by atoms with E-state index < -0.39 is 0 Å². The number of hydrogen-bond acceptors (Lipinski definition) is 6. The molecular weight excluding hydrogens is 418 g/mol. The van der Waals surface area contributed by atoms with Crippen LogP contribution in [0.2, 0.25) is 0 Å². The Bertz CT molecular complexity index is 1230. The van der Waals surface area contributed by atoms with Crippen LogP contribution in [0.15, 0.2) is 41.2 Å². The second-order valence-electron chi connectivity index (χ2n) is 7.12. The molecule has 0 bridgehead atoms. The number of ether oxygens (including phenoxy) is 3. The Hall–Kier alpha value is -3.17. The number of carbonyl (C=O) groups excluding carboxylic acids is 1. The highest BCUT2D eigenvalue weighted by molar-refractivity contribution is 7.71. The summed E-state index contributed by atoms with van der Waals surface area (Å²) < 4.78 is 18.1. The van der Waals surface area contributed by atoms with Crippen LogP contribution in [0, 0.1) is 4.77 Å². The normalized spacial score (nSPS) is 12.7. The number of nitrogens with zero attached hydrogens (tertiary/aromatic N) is 1. The first kappa shape index (κ1) is 21.1. The molecular formula is C22H23N3O5S. The lowest BCUT2D eigenvalue weighted by Crippen LogP contribution is -2.25. The van der Waals surface area contributed by atoms with Crippen LogP contribution < -0.4 is 20.3 Å². The van der Waals surface area contributed by atoms with Crippen molar-refractivity contribution < 1.29 is 19.0 Å². The molecule has 2 N–H and O–H groups in total. The van der Waals surface area contributed by atoms with E-state index in [0.717, 1.165) is 5.56 Å². The Morgan fingerprint density at radius 1 is 1.26 bits per heavy atom. The first-order valence-corrected chi connectivity index (χ1v) is 10.4. The minimum atomic E-state index is -0.264. The van der Waals surface area contributed by atoms with Crippen molar-refractivity contribution in [3.05, 3.63) is 62.6 Å². The smallest absolute Gasteiger partial charge is 0.262 e. The van der Waals surface area contributed by atoms with Gasteiger partial charge in [-0.2, -0.15) is 0 Å². The Labute approximate surface area is 183 Å². The summed E-state index contributed by atoms with van der Waals surface area (Å²) in [7, 11) is 1.61. The third kappa shape index (κ3) is 4.47. The zero-order chi connectivity index (χ0) is 21.8. The summed E-state index contributed by atoms with van der Waals surface area (Å²) in [5, 5.41) is 3.37. The van der Waals surface area contributed by atoms with Crippen molar-refractivity contribution >= 4 is 29.0 Å². The van der Waals surface area contributed by atoms with Crippen LogP contribution >= 0.6 is 12.2 Å². The summed E-state index contributed by atoms with van der Waals surface area (Å²) in [6.45, 7) is 2.29. The molecule has 0 atom stereocenters. The highest BCUT2D eigenvalue weighted by Crippen LogP contribution is 2.33. The average Bonchev–Trinajstić information content (AvgIpc) is 2.79. The summed E-state index contributed by atoms with van der Waals surface area (Å²) in [6, 6.07) is 10.5. The average molecular weight is 442 g/mol. The third-order valence-corrected chi connectivity index (χ3v) is 5.38. The van der Waals surface area contributed by atoms with Gasteiger partial charge in [0.2, 0.25) is 0 Å². The van der Waals surface area contributed by atoms with Crippen LogP contribution in [-0.4, -0.2) is 42.4 Å². The molecule has 8 nitrogen and oxygen atoms in total. The fraction of sp³-hybridized carbons (Fsp3) is 0.318. The standard InChI is InChI=1S/C22H23N3O5S/c1-28-9-3-8-25-21(27)16-7-6-14(12-17(16)24-22(25)31)20(26)23-13-15-4-2-5-18-19(15)30-11-10-29-18/h2,4-7,12H,3,8-11,13H2,1H3,(H,23,26)(H,24,31). The number of H-pyrrole nitrogens is 1. The van der Waals surface area contributed by atoms with Crippen molar-refractivity contribution in [2.45, 2.75) is 19.5 Å². The number of rotatable bonds is 7. The molecule has 4 rings (SSSR count). The van der Waals surface area contributed by atoms with E-state index in [4.69, 9.17) is 26.4 Å². The van der Waals surface area contributed by atoms with Gasteiger partial charge < -0.3 is 24.5 Å². The van der Waals surface area contributed by atoms with E-state index in [1.54, 1.807) is 25.3 Å². The van der Waals surface area contributed by atoms with Gasteiger partial charge in [0.05, 0.1) is 10.9 Å². The SMILES string of the molecule is COCCCn1c(=S)[nH]c2cc(C(=O)NCc3cccc4c3OCCO4)ccc2c1=O. The van der Waals surface area contributed by atoms with E-state index in [1.165, 1.54) is 4.57 Å². The Morgan fingerprint density at radius 2 is 2.10 bits per heavy atom. The van der Waals surface area contributed by atoms with Crippen LogP contribution in [0.1, 0.15) is 22.3 Å². The molecule has 2 aromatic carbocycles. The van der Waals surface area contributed by atoms with E-state index in [2.05, 4.69) is 10.3 Å². The van der Waals surface area contributed by atoms with Gasteiger partial charge in [0, 0.05) is 37.9 Å². The molecule has 0 saturated heterocycles. The van der Waals surface area contributed by atoms with Crippen molar-refractivity contribution in [2.24, 2.45) is 0 Å². The minimum Gasteiger partial charge on any atom is -0.486 e. The molecule has 0 saturated carbocycles. The van der Waals surface area contributed by atoms with Crippen molar-refractivity contribution in [1.82, 2.24) is 14.9 Å². The predicted octanol–water partition coefficient (Wildman–Crippen LogP) is 2.80. The second-order valence-corrected chi connectivity index (χ2v) is 7.50. The van der Waals surface area contributed by atoms with Gasteiger partial charge in [0.1, 0.15) is 13.2 Å². The highest BCUT2D eigenvalue weighted by atomic mass is 32.1. The molecule has 0 aliphatic carbocycles. The fourth-order valence-electron chi connectivity index (χ4n) is 3.52. The summed E-state index contributed by atoms with van der Waals surface area (Å²) >= 11 is 5.34. The number of amides is 1. The van der Waals surface area contributed by atoms with Crippen LogP contribution in [0.5, 0.6) is 11.5 Å². The van der Waals surface area contributed by atoms with Gasteiger partial charge >= 0.3 is 0 Å². The largest absolute Gasteiger partial charge is 0.486 e. The molecule has 1 aliphatic rings. The topological polar surface area (TPSA) is 94.6 Å². The molecule has 1 aliphatic heterocycles. The number of aromatic nitrogens is 2. The van der Waals surface area contributed by atoms with Gasteiger partial charge in [0.25, 0.3) is 11.5 Å². The van der Waals surface area contributed by atoms with Crippen LogP contribution in [-0.2, 0) is 17.8 Å². The monoisotopic (exact) mass is 441 g/mol. The number of aromatic amines is 1. The lowest BCUT2D eigenvalue weighted by Gasteiger charge is -2.21. The Kier molecular flexibility index (Phi) is 6.34. The minimum absolute atomic E-state index is 0.185. The molecule has 0 unspecified atom stereocenters. The fourth-order valence-corrected chi connectivity index (χ4v) is 3.80. The first-order chi connectivity index (χ1) is 15.1. The van der Waals surface area contributed by atoms with Crippen molar-refractivity contribution in [3.8, 4) is 11.5 Å². The van der Waals surface area contributed by atoms with E-state index in [-0.39, 0.29) is 11.5 Å². The number of hydrogen-bond donors (Lipinski definition) is 2. The zero-order valence-corrected chi connectivity index (χ0v) is 17.9. The maximum absolute atomic E-state index is 12.8. The van der Waals surface area contributed by atoms with Crippen LogP contribution in [0.4, 0.5) is 0 Å². The molecule has 0 fully saturated rings. The quantitative estimate of drug-likeness (QED) is 0.433. The Morgan fingerprint density at radius 3 is 2.94 bits per heavy atom. The number of carbonyl (C=O) groups is 1. The van der Waals surface area contributed by atoms with Crippen LogP contribution in [0.25, 0.3) is 10.9 Å². The van der Waals surface area contributed by atoms with Gasteiger partial charge in [-0.05, 0) is 42.9 Å². The summed E-state index contributed by atoms with van der Waals surface area (Å²) in [5.74, 6) is 1.07. The summed E-state index contributed by atoms with van der Waals surface area (Å²) in [4.78, 5) is 28.6. The molecule has 1 amide bonds.